The van der Waals surface area contributed by atoms with Crippen molar-refractivity contribution in [2.24, 2.45) is 5.92 Å². The number of methoxy groups -OCH3 is 1. The van der Waals surface area contributed by atoms with E-state index in [0.717, 1.165) is 13.0 Å². The smallest absolute Gasteiger partial charge is 0.327 e. The van der Waals surface area contributed by atoms with Gasteiger partial charge in [0.15, 0.2) is 11.5 Å². The minimum atomic E-state index is -0.253. The zero-order chi connectivity index (χ0) is 15.5. The molecule has 3 N–H and O–H groups in total. The van der Waals surface area contributed by atoms with Gasteiger partial charge in [0.2, 0.25) is 0 Å². The van der Waals surface area contributed by atoms with Crippen molar-refractivity contribution in [3.8, 4) is 6.01 Å². The second-order valence-electron chi connectivity index (χ2n) is 5.20. The number of nitrogens with one attached hydrogen (secondary N) is 1. The Morgan fingerprint density at radius 3 is 3.05 bits per heavy atom. The van der Waals surface area contributed by atoms with Gasteiger partial charge in [-0.2, -0.15) is 9.97 Å². The Kier molecular flexibility index (Phi) is 4.25. The third-order valence-electron chi connectivity index (χ3n) is 3.61. The first-order valence-corrected chi connectivity index (χ1v) is 7.14. The summed E-state index contributed by atoms with van der Waals surface area (Å²) in [7, 11) is 1.58. The molecule has 0 aliphatic carbocycles. The maximum atomic E-state index is 12.1. The van der Waals surface area contributed by atoms with Crippen LogP contribution in [0.4, 0.5) is 5.82 Å². The fourth-order valence-corrected chi connectivity index (χ4v) is 2.47. The molecule has 1 unspecified atom stereocenters. The van der Waals surface area contributed by atoms with Gasteiger partial charge in [-0.05, 0) is 6.42 Å². The van der Waals surface area contributed by atoms with E-state index in [9.17, 15) is 4.79 Å². The first-order valence-electron chi connectivity index (χ1n) is 7.14. The van der Waals surface area contributed by atoms with Crippen LogP contribution in [0, 0.1) is 5.92 Å². The maximum Gasteiger partial charge on any atom is 0.327 e. The average Bonchev–Trinajstić information content (AvgIpc) is 3.10. The highest BCUT2D eigenvalue weighted by Gasteiger charge is 2.21. The minimum Gasteiger partial charge on any atom is -0.461 e. The van der Waals surface area contributed by atoms with Crippen molar-refractivity contribution in [3.05, 3.63) is 10.5 Å². The van der Waals surface area contributed by atoms with Crippen LogP contribution >= 0.6 is 0 Å². The van der Waals surface area contributed by atoms with Gasteiger partial charge in [0, 0.05) is 26.2 Å². The summed E-state index contributed by atoms with van der Waals surface area (Å²) in [6.45, 7) is 2.64. The predicted octanol–water partition coefficient (Wildman–Crippen LogP) is -0.236. The zero-order valence-electron chi connectivity index (χ0n) is 12.4. The van der Waals surface area contributed by atoms with Gasteiger partial charge in [-0.1, -0.05) is 0 Å². The number of hydrogen-bond acceptors (Lipinski definition) is 7. The maximum absolute atomic E-state index is 12.1. The molecular weight excluding hydrogens is 290 g/mol. The van der Waals surface area contributed by atoms with Crippen molar-refractivity contribution in [2.45, 2.75) is 13.0 Å². The predicted molar refractivity (Wildman–Crippen MR) is 78.9 cm³/mol. The van der Waals surface area contributed by atoms with Gasteiger partial charge >= 0.3 is 11.7 Å². The summed E-state index contributed by atoms with van der Waals surface area (Å²) in [6.07, 6.45) is 0.927. The van der Waals surface area contributed by atoms with Gasteiger partial charge in [0.05, 0.1) is 13.2 Å². The second-order valence-corrected chi connectivity index (χ2v) is 5.20. The monoisotopic (exact) mass is 309 g/mol. The SMILES string of the molecule is COCCOc1nc(N)c2[nH]c(=O)n(CC3CCOC3)c2n1. The summed E-state index contributed by atoms with van der Waals surface area (Å²) in [5.74, 6) is 0.488. The van der Waals surface area contributed by atoms with Gasteiger partial charge in [-0.25, -0.2) is 4.79 Å². The highest BCUT2D eigenvalue weighted by molar-refractivity contribution is 5.81. The molecule has 0 spiro atoms. The molecular formula is C13H19N5O4. The van der Waals surface area contributed by atoms with Gasteiger partial charge in [-0.15, -0.1) is 0 Å². The summed E-state index contributed by atoms with van der Waals surface area (Å²) < 4.78 is 17.2. The molecule has 3 heterocycles. The highest BCUT2D eigenvalue weighted by atomic mass is 16.5. The van der Waals surface area contributed by atoms with E-state index < -0.39 is 0 Å². The number of nitrogens with two attached hydrogens (primary N) is 1. The van der Waals surface area contributed by atoms with Crippen LogP contribution in [0.5, 0.6) is 6.01 Å². The molecule has 1 aliphatic rings. The molecule has 1 aliphatic heterocycles. The van der Waals surface area contributed by atoms with Crippen molar-refractivity contribution in [1.82, 2.24) is 19.5 Å². The Labute approximate surface area is 126 Å². The summed E-state index contributed by atoms with van der Waals surface area (Å²) in [5, 5.41) is 0. The Morgan fingerprint density at radius 1 is 1.45 bits per heavy atom. The number of hydrogen-bond donors (Lipinski definition) is 2. The van der Waals surface area contributed by atoms with Crippen molar-refractivity contribution in [1.29, 1.82) is 0 Å². The van der Waals surface area contributed by atoms with Crippen molar-refractivity contribution < 1.29 is 14.2 Å². The number of imidazole rings is 1. The van der Waals surface area contributed by atoms with E-state index in [2.05, 4.69) is 15.0 Å². The van der Waals surface area contributed by atoms with Crippen LogP contribution < -0.4 is 16.2 Å². The van der Waals surface area contributed by atoms with Crippen molar-refractivity contribution in [2.75, 3.05) is 39.3 Å². The lowest BCUT2D eigenvalue weighted by molar-refractivity contribution is 0.141. The minimum absolute atomic E-state index is 0.137. The second kappa shape index (κ2) is 6.32. The fourth-order valence-electron chi connectivity index (χ4n) is 2.47. The Bertz CT molecular complexity index is 704. The van der Waals surface area contributed by atoms with E-state index >= 15 is 0 Å². The molecule has 9 nitrogen and oxygen atoms in total. The lowest BCUT2D eigenvalue weighted by atomic mass is 10.1. The van der Waals surface area contributed by atoms with Gasteiger partial charge in [0.1, 0.15) is 12.1 Å². The number of rotatable bonds is 6. The average molecular weight is 309 g/mol. The number of ether oxygens (including phenoxy) is 3. The molecule has 0 amide bonds. The van der Waals surface area contributed by atoms with E-state index in [-0.39, 0.29) is 17.5 Å². The van der Waals surface area contributed by atoms with Gasteiger partial charge in [0.25, 0.3) is 0 Å². The van der Waals surface area contributed by atoms with Crippen LogP contribution in [0.15, 0.2) is 4.79 Å². The molecule has 9 heteroatoms. The summed E-state index contributed by atoms with van der Waals surface area (Å²) in [5.41, 5.74) is 6.52. The van der Waals surface area contributed by atoms with Crippen molar-refractivity contribution in [3.63, 3.8) is 0 Å². The standard InChI is InChI=1S/C13H19N5O4/c1-20-4-5-22-12-16-10(14)9-11(17-12)18(13(19)15-9)6-8-2-3-21-7-8/h8H,2-7H2,1H3,(H,15,19)(H2,14,16,17). The lowest BCUT2D eigenvalue weighted by Gasteiger charge is -2.09. The molecule has 2 aromatic heterocycles. The summed E-state index contributed by atoms with van der Waals surface area (Å²) in [4.78, 5) is 23.2. The number of H-pyrrole nitrogens is 1. The molecule has 2 aromatic rings. The van der Waals surface area contributed by atoms with Crippen LogP contribution in [-0.4, -0.2) is 53.1 Å². The molecule has 120 valence electrons. The van der Waals surface area contributed by atoms with Crippen LogP contribution in [0.2, 0.25) is 0 Å². The first-order chi connectivity index (χ1) is 10.7. The van der Waals surface area contributed by atoms with E-state index in [1.165, 1.54) is 0 Å². The van der Waals surface area contributed by atoms with Gasteiger partial charge in [-0.3, -0.25) is 4.57 Å². The highest BCUT2D eigenvalue weighted by Crippen LogP contribution is 2.20. The number of aromatic nitrogens is 4. The molecule has 0 bridgehead atoms. The largest absolute Gasteiger partial charge is 0.461 e. The Hall–Kier alpha value is -2.13. The number of fused-ring (bicyclic) bond motifs is 1. The summed E-state index contributed by atoms with van der Waals surface area (Å²) >= 11 is 0. The molecule has 22 heavy (non-hydrogen) atoms. The van der Waals surface area contributed by atoms with Crippen LogP contribution in [0.3, 0.4) is 0 Å². The Morgan fingerprint density at radius 2 is 2.32 bits per heavy atom. The molecule has 1 saturated heterocycles. The molecule has 1 fully saturated rings. The molecule has 0 radical (unpaired) electrons. The van der Waals surface area contributed by atoms with Gasteiger partial charge < -0.3 is 24.9 Å². The quantitative estimate of drug-likeness (QED) is 0.707. The molecule has 0 saturated carbocycles. The van der Waals surface area contributed by atoms with Crippen LogP contribution in [0.1, 0.15) is 6.42 Å². The number of anilines is 1. The van der Waals surface area contributed by atoms with E-state index in [4.69, 9.17) is 19.9 Å². The third kappa shape index (κ3) is 2.90. The number of aromatic amines is 1. The van der Waals surface area contributed by atoms with Crippen LogP contribution in [-0.2, 0) is 16.0 Å². The zero-order valence-corrected chi connectivity index (χ0v) is 12.4. The van der Waals surface area contributed by atoms with Crippen molar-refractivity contribution >= 4 is 17.0 Å². The van der Waals surface area contributed by atoms with E-state index in [1.54, 1.807) is 11.7 Å². The number of nitrogens with zero attached hydrogens (tertiary/aromatic N) is 3. The topological polar surface area (TPSA) is 117 Å². The molecule has 0 aromatic carbocycles. The Balaban J connectivity index is 1.92. The molecule has 1 atom stereocenters. The first kappa shape index (κ1) is 14.8. The van der Waals surface area contributed by atoms with E-state index in [1.807, 2.05) is 0 Å². The lowest BCUT2D eigenvalue weighted by Crippen LogP contribution is -2.22. The fraction of sp³-hybridized carbons (Fsp3) is 0.615. The third-order valence-corrected chi connectivity index (χ3v) is 3.61. The summed E-state index contributed by atoms with van der Waals surface area (Å²) in [6, 6.07) is 0.137. The number of nitrogen functional groups attached to an aromatic ring is 1. The normalized spacial score (nSPS) is 18.1. The van der Waals surface area contributed by atoms with Crippen LogP contribution in [0.25, 0.3) is 11.2 Å². The molecule has 3 rings (SSSR count). The van der Waals surface area contributed by atoms with E-state index in [0.29, 0.717) is 43.4 Å².